The van der Waals surface area contributed by atoms with Crippen molar-refractivity contribution in [3.63, 3.8) is 0 Å². The first-order valence-electron chi connectivity index (χ1n) is 6.19. The molecule has 19 heavy (non-hydrogen) atoms. The summed E-state index contributed by atoms with van der Waals surface area (Å²) in [5, 5.41) is 3.48. The Kier molecular flexibility index (Phi) is 6.32. The Morgan fingerprint density at radius 3 is 2.26 bits per heavy atom. The molecule has 0 spiro atoms. The second-order valence-corrected chi connectivity index (χ2v) is 7.32. The van der Waals surface area contributed by atoms with Gasteiger partial charge in [0.05, 0.1) is 4.90 Å². The van der Waals surface area contributed by atoms with Crippen LogP contribution in [0.25, 0.3) is 0 Å². The molecular formula is C13H22N2O2S2. The lowest BCUT2D eigenvalue weighted by atomic mass is 10.1. The van der Waals surface area contributed by atoms with Crippen LogP contribution in [0.4, 0.5) is 0 Å². The fourth-order valence-electron chi connectivity index (χ4n) is 1.87. The van der Waals surface area contributed by atoms with E-state index >= 15 is 0 Å². The topological polar surface area (TPSA) is 58.2 Å². The number of hydrogen-bond donors (Lipinski definition) is 2. The lowest BCUT2D eigenvalue weighted by Crippen LogP contribution is -2.30. The molecule has 0 bridgehead atoms. The van der Waals surface area contributed by atoms with E-state index in [4.69, 9.17) is 0 Å². The summed E-state index contributed by atoms with van der Waals surface area (Å²) in [6.07, 6.45) is 2.08. The highest BCUT2D eigenvalue weighted by atomic mass is 32.2. The van der Waals surface area contributed by atoms with Gasteiger partial charge in [0.15, 0.2) is 0 Å². The minimum absolute atomic E-state index is 0.202. The highest BCUT2D eigenvalue weighted by Gasteiger charge is 2.13. The van der Waals surface area contributed by atoms with Gasteiger partial charge in [-0.25, -0.2) is 13.1 Å². The van der Waals surface area contributed by atoms with Gasteiger partial charge in [0.1, 0.15) is 0 Å². The summed E-state index contributed by atoms with van der Waals surface area (Å²) in [5.74, 6) is 1.05. The van der Waals surface area contributed by atoms with Crippen LogP contribution in [0.5, 0.6) is 0 Å². The van der Waals surface area contributed by atoms with Crippen molar-refractivity contribution in [3.8, 4) is 0 Å². The van der Waals surface area contributed by atoms with E-state index in [9.17, 15) is 8.42 Å². The molecule has 0 amide bonds. The van der Waals surface area contributed by atoms with Crippen molar-refractivity contribution in [2.75, 3.05) is 19.1 Å². The Hall–Kier alpha value is -0.560. The Morgan fingerprint density at radius 1 is 1.21 bits per heavy atom. The van der Waals surface area contributed by atoms with Gasteiger partial charge in [-0.3, -0.25) is 0 Å². The largest absolute Gasteiger partial charge is 0.307 e. The molecule has 0 saturated carbocycles. The van der Waals surface area contributed by atoms with Gasteiger partial charge in [-0.2, -0.15) is 11.8 Å². The first-order valence-corrected chi connectivity index (χ1v) is 9.07. The molecule has 2 N–H and O–H groups in total. The average molecular weight is 302 g/mol. The van der Waals surface area contributed by atoms with E-state index in [0.717, 1.165) is 11.3 Å². The molecule has 0 aliphatic rings. The molecular weight excluding hydrogens is 280 g/mol. The van der Waals surface area contributed by atoms with Crippen LogP contribution >= 0.6 is 11.8 Å². The van der Waals surface area contributed by atoms with Crippen molar-refractivity contribution in [2.24, 2.45) is 0 Å². The number of nitrogens with one attached hydrogen (secondary N) is 2. The maximum absolute atomic E-state index is 11.6. The number of thioether (sulfide) groups is 1. The molecule has 1 aromatic carbocycles. The van der Waals surface area contributed by atoms with Crippen molar-refractivity contribution in [1.82, 2.24) is 10.0 Å². The van der Waals surface area contributed by atoms with E-state index in [-0.39, 0.29) is 6.04 Å². The molecule has 1 aromatic rings. The summed E-state index contributed by atoms with van der Waals surface area (Å²) in [4.78, 5) is 0.295. The first kappa shape index (κ1) is 16.5. The van der Waals surface area contributed by atoms with E-state index in [1.54, 1.807) is 23.9 Å². The zero-order chi connectivity index (χ0) is 14.5. The van der Waals surface area contributed by atoms with Crippen molar-refractivity contribution in [1.29, 1.82) is 0 Å². The summed E-state index contributed by atoms with van der Waals surface area (Å²) in [5.41, 5.74) is 1.09. The van der Waals surface area contributed by atoms with Crippen LogP contribution in [-0.4, -0.2) is 33.5 Å². The zero-order valence-electron chi connectivity index (χ0n) is 11.8. The Bertz CT molecular complexity index is 486. The summed E-state index contributed by atoms with van der Waals surface area (Å²) >= 11 is 1.81. The number of sulfonamides is 1. The molecule has 0 radical (unpaired) electrons. The standard InChI is InChI=1S/C13H22N2O2S2/c1-10(9-18-4)15-11(2)12-5-7-13(8-6-12)19(16,17)14-3/h5-8,10-11,14-15H,9H2,1-4H3/t10-,11+/m1/s1. The highest BCUT2D eigenvalue weighted by molar-refractivity contribution is 7.98. The summed E-state index contributed by atoms with van der Waals surface area (Å²) in [6.45, 7) is 4.23. The summed E-state index contributed by atoms with van der Waals surface area (Å²) < 4.78 is 25.5. The third kappa shape index (κ3) is 4.80. The van der Waals surface area contributed by atoms with Crippen molar-refractivity contribution in [2.45, 2.75) is 30.8 Å². The lowest BCUT2D eigenvalue weighted by molar-refractivity contribution is 0.511. The molecule has 0 aliphatic heterocycles. The van der Waals surface area contributed by atoms with Crippen molar-refractivity contribution >= 4 is 21.8 Å². The van der Waals surface area contributed by atoms with E-state index in [1.165, 1.54) is 7.05 Å². The third-order valence-corrected chi connectivity index (χ3v) is 5.17. The van der Waals surface area contributed by atoms with Gasteiger partial charge >= 0.3 is 0 Å². The van der Waals surface area contributed by atoms with Gasteiger partial charge in [-0.05, 0) is 44.8 Å². The molecule has 0 fully saturated rings. The van der Waals surface area contributed by atoms with Gasteiger partial charge in [0, 0.05) is 17.8 Å². The minimum Gasteiger partial charge on any atom is -0.307 e. The second kappa shape index (κ2) is 7.28. The molecule has 4 nitrogen and oxygen atoms in total. The van der Waals surface area contributed by atoms with Gasteiger partial charge in [-0.1, -0.05) is 12.1 Å². The maximum atomic E-state index is 11.6. The smallest absolute Gasteiger partial charge is 0.240 e. The van der Waals surface area contributed by atoms with Crippen molar-refractivity contribution < 1.29 is 8.42 Å². The fraction of sp³-hybridized carbons (Fsp3) is 0.538. The molecule has 0 aliphatic carbocycles. The van der Waals surface area contributed by atoms with E-state index in [2.05, 4.69) is 30.1 Å². The van der Waals surface area contributed by atoms with Gasteiger partial charge in [0.2, 0.25) is 10.0 Å². The summed E-state index contributed by atoms with van der Waals surface area (Å²) in [7, 11) is -1.93. The van der Waals surface area contributed by atoms with E-state index in [0.29, 0.717) is 10.9 Å². The van der Waals surface area contributed by atoms with Crippen LogP contribution < -0.4 is 10.0 Å². The fourth-order valence-corrected chi connectivity index (χ4v) is 3.20. The highest BCUT2D eigenvalue weighted by Crippen LogP contribution is 2.17. The molecule has 0 unspecified atom stereocenters. The number of hydrogen-bond acceptors (Lipinski definition) is 4. The number of rotatable bonds is 7. The predicted octanol–water partition coefficient (Wildman–Crippen LogP) is 2.00. The Labute approximate surface area is 120 Å². The molecule has 1 rings (SSSR count). The van der Waals surface area contributed by atoms with E-state index < -0.39 is 10.0 Å². The average Bonchev–Trinajstić information content (AvgIpc) is 2.39. The lowest BCUT2D eigenvalue weighted by Gasteiger charge is -2.20. The Morgan fingerprint density at radius 2 is 1.79 bits per heavy atom. The van der Waals surface area contributed by atoms with E-state index in [1.807, 2.05) is 12.1 Å². The molecule has 2 atom stereocenters. The number of benzene rings is 1. The van der Waals surface area contributed by atoms with Crippen molar-refractivity contribution in [3.05, 3.63) is 29.8 Å². The molecule has 0 aromatic heterocycles. The minimum atomic E-state index is -3.35. The van der Waals surface area contributed by atoms with Crippen LogP contribution in [0.3, 0.4) is 0 Å². The molecule has 0 saturated heterocycles. The van der Waals surface area contributed by atoms with Gasteiger partial charge < -0.3 is 5.32 Å². The second-order valence-electron chi connectivity index (χ2n) is 4.52. The first-order chi connectivity index (χ1) is 8.90. The molecule has 108 valence electrons. The quantitative estimate of drug-likeness (QED) is 0.809. The van der Waals surface area contributed by atoms with Crippen LogP contribution in [0.1, 0.15) is 25.5 Å². The third-order valence-electron chi connectivity index (χ3n) is 2.91. The SMILES string of the molecule is CNS(=O)(=O)c1ccc([C@H](C)N[C@H](C)CSC)cc1. The van der Waals surface area contributed by atoms with Gasteiger partial charge in [0.25, 0.3) is 0 Å². The van der Waals surface area contributed by atoms with Crippen LogP contribution in [0.15, 0.2) is 29.2 Å². The maximum Gasteiger partial charge on any atom is 0.240 e. The monoisotopic (exact) mass is 302 g/mol. The Balaban J connectivity index is 2.76. The molecule has 0 heterocycles. The van der Waals surface area contributed by atoms with Crippen LogP contribution in [0, 0.1) is 0 Å². The predicted molar refractivity (Wildman–Crippen MR) is 82.1 cm³/mol. The van der Waals surface area contributed by atoms with Gasteiger partial charge in [-0.15, -0.1) is 0 Å². The zero-order valence-corrected chi connectivity index (χ0v) is 13.4. The van der Waals surface area contributed by atoms with Crippen LogP contribution in [-0.2, 0) is 10.0 Å². The van der Waals surface area contributed by atoms with Crippen LogP contribution in [0.2, 0.25) is 0 Å². The normalized spacial score (nSPS) is 15.2. The summed E-state index contributed by atoms with van der Waals surface area (Å²) in [6, 6.07) is 7.61. The molecule has 6 heteroatoms.